The van der Waals surface area contributed by atoms with Gasteiger partial charge >= 0.3 is 35.0 Å². The zero-order valence-electron chi connectivity index (χ0n) is 11.6. The van der Waals surface area contributed by atoms with Gasteiger partial charge in [0.1, 0.15) is 0 Å². The van der Waals surface area contributed by atoms with Gasteiger partial charge in [-0.2, -0.15) is 0 Å². The lowest BCUT2D eigenvalue weighted by atomic mass is 11.2. The first-order chi connectivity index (χ1) is 8.20. The molecule has 0 bridgehead atoms. The van der Waals surface area contributed by atoms with Crippen molar-refractivity contribution >= 4 is 35.0 Å². The molecule has 8 heteroatoms. The Morgan fingerprint density at radius 2 is 1.44 bits per heavy atom. The second-order valence-corrected chi connectivity index (χ2v) is 16.9. The summed E-state index contributed by atoms with van der Waals surface area (Å²) in [5, 5.41) is 0. The van der Waals surface area contributed by atoms with Crippen molar-refractivity contribution in [1.82, 2.24) is 0 Å². The van der Waals surface area contributed by atoms with Gasteiger partial charge in [0.05, 0.1) is 0 Å². The fraction of sp³-hybridized carbons (Fsp3) is 0.400. The molecule has 1 rings (SSSR count). The van der Waals surface area contributed by atoms with Crippen molar-refractivity contribution in [2.24, 2.45) is 0 Å². The molecule has 0 N–H and O–H groups in total. The standard InChI is InChI=1S/C10H22O4Si4/c1-8-17(7)13-16(5,6)11-15(4)12-18(9-2,10-3)14-17/h8-10,15H,1-3H2,4-7H3. The molecule has 0 aromatic heterocycles. The van der Waals surface area contributed by atoms with E-state index in [2.05, 4.69) is 19.7 Å². The van der Waals surface area contributed by atoms with E-state index in [4.69, 9.17) is 16.5 Å². The van der Waals surface area contributed by atoms with E-state index in [1.807, 2.05) is 26.2 Å². The highest BCUT2D eigenvalue weighted by atomic mass is 28.5. The van der Waals surface area contributed by atoms with E-state index in [1.54, 1.807) is 17.1 Å². The fourth-order valence-corrected chi connectivity index (χ4v) is 18.3. The smallest absolute Gasteiger partial charge is 0.373 e. The van der Waals surface area contributed by atoms with Crippen molar-refractivity contribution in [3.05, 3.63) is 36.8 Å². The molecular weight excluding hydrogens is 296 g/mol. The molecule has 1 saturated heterocycles. The predicted molar refractivity (Wildman–Crippen MR) is 82.8 cm³/mol. The van der Waals surface area contributed by atoms with Gasteiger partial charge < -0.3 is 16.5 Å². The Kier molecular flexibility index (Phi) is 4.89. The van der Waals surface area contributed by atoms with Gasteiger partial charge in [-0.15, -0.1) is 19.7 Å². The van der Waals surface area contributed by atoms with Crippen molar-refractivity contribution in [2.75, 3.05) is 0 Å². The van der Waals surface area contributed by atoms with Crippen LogP contribution in [0, 0.1) is 0 Å². The number of rotatable bonds is 3. The maximum absolute atomic E-state index is 6.19. The summed E-state index contributed by atoms with van der Waals surface area (Å²) in [6.45, 7) is 19.4. The Balaban J connectivity index is 3.14. The summed E-state index contributed by atoms with van der Waals surface area (Å²) >= 11 is 0. The van der Waals surface area contributed by atoms with E-state index in [9.17, 15) is 0 Å². The Hall–Kier alpha value is -0.0725. The average Bonchev–Trinajstić information content (AvgIpc) is 2.24. The average molecular weight is 319 g/mol. The van der Waals surface area contributed by atoms with Crippen molar-refractivity contribution < 1.29 is 16.5 Å². The van der Waals surface area contributed by atoms with E-state index in [0.29, 0.717) is 0 Å². The molecule has 0 aliphatic carbocycles. The fourth-order valence-electron chi connectivity index (χ4n) is 1.90. The summed E-state index contributed by atoms with van der Waals surface area (Å²) in [6.07, 6.45) is 0. The van der Waals surface area contributed by atoms with Gasteiger partial charge in [-0.3, -0.25) is 0 Å². The normalized spacial score (nSPS) is 35.0. The maximum atomic E-state index is 6.19. The van der Waals surface area contributed by atoms with Gasteiger partial charge in [-0.1, -0.05) is 5.70 Å². The lowest BCUT2D eigenvalue weighted by Gasteiger charge is -2.43. The molecule has 1 aliphatic heterocycles. The summed E-state index contributed by atoms with van der Waals surface area (Å²) < 4.78 is 24.4. The SMILES string of the molecule is C=C[Si]1(C)O[Si](C)(C)O[SiH](C)O[Si](C=C)(C=C)O1. The predicted octanol–water partition coefficient (Wildman–Crippen LogP) is 2.31. The Bertz CT molecular complexity index is 352. The highest BCUT2D eigenvalue weighted by Crippen LogP contribution is 2.28. The molecule has 1 heterocycles. The first-order valence-electron chi connectivity index (χ1n) is 5.86. The minimum absolute atomic E-state index is 1.73. The van der Waals surface area contributed by atoms with Crippen LogP contribution in [0.3, 0.4) is 0 Å². The van der Waals surface area contributed by atoms with E-state index in [0.717, 1.165) is 0 Å². The summed E-state index contributed by atoms with van der Waals surface area (Å²) in [5.74, 6) is 0. The minimum Gasteiger partial charge on any atom is -0.418 e. The first-order valence-corrected chi connectivity index (χ1v) is 15.1. The van der Waals surface area contributed by atoms with E-state index < -0.39 is 35.0 Å². The molecule has 102 valence electrons. The van der Waals surface area contributed by atoms with Crippen LogP contribution in [-0.2, 0) is 16.5 Å². The summed E-state index contributed by atoms with van der Waals surface area (Å²) in [7, 11) is -9.19. The summed E-state index contributed by atoms with van der Waals surface area (Å²) in [6, 6.07) is 0. The van der Waals surface area contributed by atoms with Crippen LogP contribution in [0.25, 0.3) is 0 Å². The van der Waals surface area contributed by atoms with Crippen molar-refractivity contribution in [3.63, 3.8) is 0 Å². The third-order valence-corrected chi connectivity index (χ3v) is 17.3. The van der Waals surface area contributed by atoms with Crippen molar-refractivity contribution in [3.8, 4) is 0 Å². The molecule has 2 unspecified atom stereocenters. The molecule has 0 radical (unpaired) electrons. The third-order valence-electron chi connectivity index (χ3n) is 2.55. The van der Waals surface area contributed by atoms with E-state index >= 15 is 0 Å². The molecule has 0 aromatic rings. The molecule has 18 heavy (non-hydrogen) atoms. The molecule has 0 amide bonds. The van der Waals surface area contributed by atoms with Crippen LogP contribution in [0.15, 0.2) is 36.8 Å². The van der Waals surface area contributed by atoms with Crippen LogP contribution < -0.4 is 0 Å². The largest absolute Gasteiger partial charge is 0.418 e. The van der Waals surface area contributed by atoms with Gasteiger partial charge in [-0.25, -0.2) is 0 Å². The molecular formula is C10H22O4Si4. The second kappa shape index (κ2) is 5.51. The molecule has 1 fully saturated rings. The quantitative estimate of drug-likeness (QED) is 0.748. The van der Waals surface area contributed by atoms with Gasteiger partial charge in [0.25, 0.3) is 0 Å². The van der Waals surface area contributed by atoms with Gasteiger partial charge in [0.2, 0.25) is 0 Å². The second-order valence-electron chi connectivity index (χ2n) is 4.76. The third kappa shape index (κ3) is 3.71. The zero-order valence-corrected chi connectivity index (χ0v) is 15.7. The molecule has 1 aliphatic rings. The topological polar surface area (TPSA) is 36.9 Å². The lowest BCUT2D eigenvalue weighted by Crippen LogP contribution is -2.62. The van der Waals surface area contributed by atoms with Gasteiger partial charge in [-0.05, 0) is 37.6 Å². The Labute approximate surface area is 115 Å². The zero-order chi connectivity index (χ0) is 14.0. The van der Waals surface area contributed by atoms with Gasteiger partial charge in [0.15, 0.2) is 0 Å². The highest BCUT2D eigenvalue weighted by Gasteiger charge is 2.49. The van der Waals surface area contributed by atoms with Crippen LogP contribution >= 0.6 is 0 Å². The molecule has 0 spiro atoms. The van der Waals surface area contributed by atoms with Crippen LogP contribution in [-0.4, -0.2) is 35.0 Å². The van der Waals surface area contributed by atoms with Crippen molar-refractivity contribution in [1.29, 1.82) is 0 Å². The Morgan fingerprint density at radius 1 is 0.889 bits per heavy atom. The highest BCUT2D eigenvalue weighted by molar-refractivity contribution is 6.95. The summed E-state index contributed by atoms with van der Waals surface area (Å²) in [4.78, 5) is 0. The maximum Gasteiger partial charge on any atom is 0.373 e. The monoisotopic (exact) mass is 318 g/mol. The molecule has 0 saturated carbocycles. The lowest BCUT2D eigenvalue weighted by molar-refractivity contribution is 0.261. The van der Waals surface area contributed by atoms with Crippen LogP contribution in [0.1, 0.15) is 0 Å². The van der Waals surface area contributed by atoms with Crippen LogP contribution in [0.4, 0.5) is 0 Å². The molecule has 0 aromatic carbocycles. The summed E-state index contributed by atoms with van der Waals surface area (Å²) in [5.41, 5.74) is 5.22. The van der Waals surface area contributed by atoms with Crippen LogP contribution in [0.5, 0.6) is 0 Å². The molecule has 4 nitrogen and oxygen atoms in total. The molecule has 2 atom stereocenters. The Morgan fingerprint density at radius 3 is 1.89 bits per heavy atom. The van der Waals surface area contributed by atoms with Crippen LogP contribution in [0.2, 0.25) is 26.2 Å². The van der Waals surface area contributed by atoms with Crippen molar-refractivity contribution in [2.45, 2.75) is 26.2 Å². The number of hydrogen-bond acceptors (Lipinski definition) is 4. The van der Waals surface area contributed by atoms with E-state index in [1.165, 1.54) is 0 Å². The minimum atomic E-state index is -2.64. The first kappa shape index (κ1) is 16.0. The van der Waals surface area contributed by atoms with Gasteiger partial charge in [0, 0.05) is 0 Å². The number of hydrogen-bond donors (Lipinski definition) is 0. The van der Waals surface area contributed by atoms with E-state index in [-0.39, 0.29) is 0 Å².